The highest BCUT2D eigenvalue weighted by atomic mass is 32.2. The van der Waals surface area contributed by atoms with Gasteiger partial charge >= 0.3 is 11.9 Å². The number of benzene rings is 2. The van der Waals surface area contributed by atoms with Crippen LogP contribution in [0.15, 0.2) is 42.5 Å². The van der Waals surface area contributed by atoms with Gasteiger partial charge in [0.15, 0.2) is 0 Å². The van der Waals surface area contributed by atoms with E-state index in [9.17, 15) is 26.4 Å². The summed E-state index contributed by atoms with van der Waals surface area (Å²) in [6, 6.07) is 12.5. The average molecular weight is 627 g/mol. The van der Waals surface area contributed by atoms with Gasteiger partial charge in [0.05, 0.1) is 11.1 Å². The van der Waals surface area contributed by atoms with E-state index < -0.39 is 56.9 Å². The molecule has 0 saturated heterocycles. The number of hydrogen-bond acceptors (Lipinski definition) is 8. The average Bonchev–Trinajstić information content (AvgIpc) is 2.85. The summed E-state index contributed by atoms with van der Waals surface area (Å²) in [4.78, 5) is 24.8. The monoisotopic (exact) mass is 626 g/mol. The van der Waals surface area contributed by atoms with Crippen LogP contribution < -0.4 is 0 Å². The lowest BCUT2D eigenvalue weighted by molar-refractivity contribution is 0.0518. The first-order valence-corrected chi connectivity index (χ1v) is 16.9. The number of ether oxygens (including phenoxy) is 2. The molecule has 0 aromatic heterocycles. The summed E-state index contributed by atoms with van der Waals surface area (Å²) in [5.74, 6) is -2.35. The van der Waals surface area contributed by atoms with Gasteiger partial charge in [-0.25, -0.2) is 9.59 Å². The van der Waals surface area contributed by atoms with Gasteiger partial charge in [-0.15, -0.1) is 0 Å². The number of hydrogen-bond donors (Lipinski definition) is 2. The molecule has 10 nitrogen and oxygen atoms in total. The predicted molar refractivity (Wildman–Crippen MR) is 160 cm³/mol. The van der Waals surface area contributed by atoms with Crippen LogP contribution in [-0.2, 0) is 47.0 Å². The van der Waals surface area contributed by atoms with E-state index in [1.807, 2.05) is 32.9 Å². The molecule has 0 aliphatic heterocycles. The van der Waals surface area contributed by atoms with Crippen molar-refractivity contribution in [1.29, 1.82) is 0 Å². The van der Waals surface area contributed by atoms with Crippen LogP contribution in [0.3, 0.4) is 0 Å². The molecule has 0 bridgehead atoms. The second kappa shape index (κ2) is 14.1. The van der Waals surface area contributed by atoms with Gasteiger partial charge in [-0.1, -0.05) is 59.7 Å². The standard InChI is InChI=1S/C30H42O10S2/c1-21(17-22-7-9-23(10-8-22)27(31)39-13-15-41(33,34)35)11-12-30(5,6)26-19-24(18-25(20-26)29(2,3)4)28(32)40-14-16-42(36,37)38/h7-10,18-21H,11-17H2,1-6H3,(H,33,34,35)(H,36,37,38). The molecule has 0 heterocycles. The topological polar surface area (TPSA) is 161 Å². The van der Waals surface area contributed by atoms with Crippen LogP contribution in [0.2, 0.25) is 0 Å². The molecule has 2 N–H and O–H groups in total. The SMILES string of the molecule is CC(CCC(C)(C)c1cc(C(=O)OCCS(=O)(=O)O)cc(C(C)(C)C)c1)Cc1ccc(C(=O)OCCS(=O)(=O)O)cc1. The lowest BCUT2D eigenvalue weighted by atomic mass is 9.75. The fraction of sp³-hybridized carbons (Fsp3) is 0.533. The van der Waals surface area contributed by atoms with Crippen LogP contribution in [0.5, 0.6) is 0 Å². The number of carbonyl (C=O) groups excluding carboxylic acids is 2. The summed E-state index contributed by atoms with van der Waals surface area (Å²) in [7, 11) is -8.44. The third-order valence-electron chi connectivity index (χ3n) is 7.00. The summed E-state index contributed by atoms with van der Waals surface area (Å²) in [6.45, 7) is 11.6. The van der Waals surface area contributed by atoms with Crippen molar-refractivity contribution in [3.8, 4) is 0 Å². The largest absolute Gasteiger partial charge is 0.461 e. The van der Waals surface area contributed by atoms with Gasteiger partial charge in [0, 0.05) is 0 Å². The number of rotatable bonds is 14. The number of carbonyl (C=O) groups is 2. The summed E-state index contributed by atoms with van der Waals surface area (Å²) in [5, 5.41) is 0. The Kier molecular flexibility index (Phi) is 11.9. The molecular formula is C30H42O10S2. The molecule has 12 heteroatoms. The van der Waals surface area contributed by atoms with Crippen molar-refractivity contribution in [2.24, 2.45) is 5.92 Å². The molecule has 1 atom stereocenters. The minimum Gasteiger partial charge on any atom is -0.461 e. The molecule has 0 aliphatic carbocycles. The van der Waals surface area contributed by atoms with Crippen molar-refractivity contribution in [2.45, 2.75) is 71.6 Å². The van der Waals surface area contributed by atoms with Crippen LogP contribution in [0.25, 0.3) is 0 Å². The van der Waals surface area contributed by atoms with Crippen molar-refractivity contribution in [2.75, 3.05) is 24.7 Å². The zero-order valence-corrected chi connectivity index (χ0v) is 26.7. The van der Waals surface area contributed by atoms with E-state index in [4.69, 9.17) is 18.6 Å². The van der Waals surface area contributed by atoms with Gasteiger partial charge < -0.3 is 9.47 Å². The van der Waals surface area contributed by atoms with Crippen molar-refractivity contribution in [3.05, 3.63) is 70.3 Å². The molecule has 2 aromatic carbocycles. The third kappa shape index (κ3) is 12.2. The van der Waals surface area contributed by atoms with Crippen LogP contribution in [-0.4, -0.2) is 62.6 Å². The first-order chi connectivity index (χ1) is 19.2. The smallest absolute Gasteiger partial charge is 0.338 e. The second-order valence-electron chi connectivity index (χ2n) is 12.3. The van der Waals surface area contributed by atoms with E-state index >= 15 is 0 Å². The maximum atomic E-state index is 12.8. The second-order valence-corrected chi connectivity index (χ2v) is 15.5. The van der Waals surface area contributed by atoms with Gasteiger partial charge in [-0.05, 0) is 77.0 Å². The Morgan fingerprint density at radius 1 is 0.762 bits per heavy atom. The summed E-state index contributed by atoms with van der Waals surface area (Å²) < 4.78 is 71.2. The third-order valence-corrected chi connectivity index (χ3v) is 8.37. The Hall–Kier alpha value is -2.80. The molecule has 2 aromatic rings. The zero-order valence-electron chi connectivity index (χ0n) is 25.0. The van der Waals surface area contributed by atoms with E-state index in [-0.39, 0.29) is 16.4 Å². The molecule has 0 spiro atoms. The predicted octanol–water partition coefficient (Wildman–Crippen LogP) is 5.01. The van der Waals surface area contributed by atoms with Gasteiger partial charge in [-0.3, -0.25) is 9.11 Å². The van der Waals surface area contributed by atoms with E-state index in [1.165, 1.54) is 0 Å². The first-order valence-electron chi connectivity index (χ1n) is 13.7. The molecule has 0 aliphatic rings. The molecule has 0 radical (unpaired) electrons. The van der Waals surface area contributed by atoms with Gasteiger partial charge in [0.25, 0.3) is 20.2 Å². The van der Waals surface area contributed by atoms with Crippen LogP contribution in [0, 0.1) is 5.92 Å². The first kappa shape index (κ1) is 35.4. The van der Waals surface area contributed by atoms with Gasteiger partial charge in [0.2, 0.25) is 0 Å². The maximum Gasteiger partial charge on any atom is 0.338 e. The van der Waals surface area contributed by atoms with Gasteiger partial charge in [0.1, 0.15) is 24.7 Å². The van der Waals surface area contributed by atoms with Crippen LogP contribution in [0.4, 0.5) is 0 Å². The highest BCUT2D eigenvalue weighted by Crippen LogP contribution is 2.35. The molecule has 234 valence electrons. The Labute approximate surface area is 249 Å². The molecule has 0 saturated carbocycles. The highest BCUT2D eigenvalue weighted by Gasteiger charge is 2.26. The lowest BCUT2D eigenvalue weighted by Gasteiger charge is -2.30. The van der Waals surface area contributed by atoms with Crippen LogP contribution >= 0.6 is 0 Å². The van der Waals surface area contributed by atoms with Crippen molar-refractivity contribution in [1.82, 2.24) is 0 Å². The van der Waals surface area contributed by atoms with Crippen LogP contribution in [0.1, 0.15) is 91.8 Å². The maximum absolute atomic E-state index is 12.8. The zero-order chi connectivity index (χ0) is 31.9. The Balaban J connectivity index is 2.07. The van der Waals surface area contributed by atoms with E-state index in [0.717, 1.165) is 36.0 Å². The molecule has 2 rings (SSSR count). The van der Waals surface area contributed by atoms with E-state index in [1.54, 1.807) is 24.3 Å². The molecule has 42 heavy (non-hydrogen) atoms. The summed E-state index contributed by atoms with van der Waals surface area (Å²) >= 11 is 0. The highest BCUT2D eigenvalue weighted by molar-refractivity contribution is 7.86. The Morgan fingerprint density at radius 2 is 1.24 bits per heavy atom. The fourth-order valence-corrected chi connectivity index (χ4v) is 4.84. The normalized spacial score (nSPS) is 13.4. The minimum absolute atomic E-state index is 0.252. The van der Waals surface area contributed by atoms with Crippen molar-refractivity contribution in [3.63, 3.8) is 0 Å². The molecule has 0 amide bonds. The molecule has 1 unspecified atom stereocenters. The van der Waals surface area contributed by atoms with E-state index in [0.29, 0.717) is 11.5 Å². The summed E-state index contributed by atoms with van der Waals surface area (Å²) in [6.07, 6.45) is 2.46. The molecular weight excluding hydrogens is 584 g/mol. The Bertz CT molecular complexity index is 1450. The minimum atomic E-state index is -4.24. The van der Waals surface area contributed by atoms with E-state index in [2.05, 4.69) is 26.8 Å². The van der Waals surface area contributed by atoms with Crippen molar-refractivity contribution >= 4 is 32.2 Å². The van der Waals surface area contributed by atoms with Crippen molar-refractivity contribution < 1.29 is 45.0 Å². The Morgan fingerprint density at radius 3 is 1.71 bits per heavy atom. The quantitative estimate of drug-likeness (QED) is 0.215. The van der Waals surface area contributed by atoms with Gasteiger partial charge in [-0.2, -0.15) is 16.8 Å². The molecule has 0 fully saturated rings. The summed E-state index contributed by atoms with van der Waals surface area (Å²) in [5.41, 5.74) is 2.99. The lowest BCUT2D eigenvalue weighted by Crippen LogP contribution is -2.22. The number of esters is 2. The fourth-order valence-electron chi connectivity index (χ4n) is 4.25.